The highest BCUT2D eigenvalue weighted by molar-refractivity contribution is 9.10. The Kier molecular flexibility index (Phi) is 2.94. The van der Waals surface area contributed by atoms with Crippen LogP contribution in [0.25, 0.3) is 0 Å². The van der Waals surface area contributed by atoms with Crippen LogP contribution >= 0.6 is 15.9 Å². The van der Waals surface area contributed by atoms with Gasteiger partial charge in [-0.15, -0.1) is 0 Å². The lowest BCUT2D eigenvalue weighted by Gasteiger charge is -2.06. The molecule has 0 aliphatic carbocycles. The topological polar surface area (TPSA) is 63.6 Å². The third-order valence-corrected chi connectivity index (χ3v) is 2.91. The molecule has 0 aliphatic heterocycles. The van der Waals surface area contributed by atoms with Gasteiger partial charge in [-0.25, -0.2) is 0 Å². The highest BCUT2D eigenvalue weighted by Gasteiger charge is 2.17. The lowest BCUT2D eigenvalue weighted by Crippen LogP contribution is -2.01. The van der Waals surface area contributed by atoms with E-state index in [0.29, 0.717) is 4.47 Å². The van der Waals surface area contributed by atoms with Crippen molar-refractivity contribution in [1.82, 2.24) is 0 Å². The van der Waals surface area contributed by atoms with Crippen LogP contribution in [0.3, 0.4) is 0 Å². The quantitative estimate of drug-likeness (QED) is 0.828. The van der Waals surface area contributed by atoms with Crippen molar-refractivity contribution >= 4 is 26.0 Å². The molecule has 1 aromatic rings. The molecule has 0 aromatic heterocycles. The number of rotatable bonds is 2. The fraction of sp³-hybridized carbons (Fsp3) is 0.143. The number of para-hydroxylation sites is 1. The molecule has 0 amide bonds. The Morgan fingerprint density at radius 2 is 2.08 bits per heavy atom. The monoisotopic (exact) mass is 266 g/mol. The molecule has 1 aromatic carbocycles. The molecule has 0 unspecified atom stereocenters. The zero-order chi connectivity index (χ0) is 10.1. The highest BCUT2D eigenvalue weighted by Crippen LogP contribution is 2.31. The minimum Gasteiger partial charge on any atom is -0.494 e. The van der Waals surface area contributed by atoms with Gasteiger partial charge in [0.25, 0.3) is 10.1 Å². The smallest absolute Gasteiger partial charge is 0.298 e. The van der Waals surface area contributed by atoms with Crippen LogP contribution < -0.4 is 4.74 Å². The molecule has 13 heavy (non-hydrogen) atoms. The van der Waals surface area contributed by atoms with E-state index in [1.807, 2.05) is 0 Å². The Morgan fingerprint density at radius 3 is 2.46 bits per heavy atom. The van der Waals surface area contributed by atoms with Gasteiger partial charge in [-0.1, -0.05) is 6.07 Å². The predicted molar refractivity (Wildman–Crippen MR) is 50.5 cm³/mol. The first-order valence-electron chi connectivity index (χ1n) is 3.27. The molecule has 0 saturated carbocycles. The molecular formula is C7H7BrO4S. The molecular weight excluding hydrogens is 260 g/mol. The lowest BCUT2D eigenvalue weighted by atomic mass is 10.3. The van der Waals surface area contributed by atoms with E-state index in [-0.39, 0.29) is 10.6 Å². The zero-order valence-electron chi connectivity index (χ0n) is 6.69. The minimum absolute atomic E-state index is 0.102. The largest absolute Gasteiger partial charge is 0.494 e. The van der Waals surface area contributed by atoms with E-state index in [0.717, 1.165) is 0 Å². The fourth-order valence-corrected chi connectivity index (χ4v) is 2.23. The first-order chi connectivity index (χ1) is 5.96. The normalized spacial score (nSPS) is 11.3. The van der Waals surface area contributed by atoms with Crippen molar-refractivity contribution in [1.29, 1.82) is 0 Å². The number of methoxy groups -OCH3 is 1. The summed E-state index contributed by atoms with van der Waals surface area (Å²) in [5.74, 6) is 0.102. The number of ether oxygens (including phenoxy) is 1. The molecule has 72 valence electrons. The maximum absolute atomic E-state index is 10.8. The third kappa shape index (κ3) is 2.20. The van der Waals surface area contributed by atoms with Gasteiger partial charge in [0.2, 0.25) is 0 Å². The first kappa shape index (κ1) is 10.5. The zero-order valence-corrected chi connectivity index (χ0v) is 9.09. The van der Waals surface area contributed by atoms with Gasteiger partial charge in [0, 0.05) is 0 Å². The summed E-state index contributed by atoms with van der Waals surface area (Å²) in [4.78, 5) is -0.246. The van der Waals surface area contributed by atoms with E-state index in [1.165, 1.54) is 19.2 Å². The Morgan fingerprint density at radius 1 is 1.46 bits per heavy atom. The molecule has 0 bridgehead atoms. The molecule has 1 N–H and O–H groups in total. The van der Waals surface area contributed by atoms with Crippen molar-refractivity contribution in [3.05, 3.63) is 22.7 Å². The van der Waals surface area contributed by atoms with Crippen LogP contribution in [0.2, 0.25) is 0 Å². The maximum atomic E-state index is 10.8. The van der Waals surface area contributed by atoms with Crippen molar-refractivity contribution in [2.24, 2.45) is 0 Å². The van der Waals surface area contributed by atoms with E-state index in [4.69, 9.17) is 9.29 Å². The Hall–Kier alpha value is -0.590. The minimum atomic E-state index is -4.22. The lowest BCUT2D eigenvalue weighted by molar-refractivity contribution is 0.395. The van der Waals surface area contributed by atoms with Crippen LogP contribution in [0, 0.1) is 0 Å². The first-order valence-corrected chi connectivity index (χ1v) is 5.50. The second-order valence-electron chi connectivity index (χ2n) is 2.25. The van der Waals surface area contributed by atoms with E-state index < -0.39 is 10.1 Å². The molecule has 6 heteroatoms. The summed E-state index contributed by atoms with van der Waals surface area (Å²) < 4.78 is 35.7. The van der Waals surface area contributed by atoms with Crippen molar-refractivity contribution in [2.45, 2.75) is 4.90 Å². The van der Waals surface area contributed by atoms with E-state index in [2.05, 4.69) is 15.9 Å². The summed E-state index contributed by atoms with van der Waals surface area (Å²) in [6.07, 6.45) is 0. The molecule has 0 heterocycles. The Labute approximate surface area is 84.4 Å². The second-order valence-corrected chi connectivity index (χ2v) is 4.49. The third-order valence-electron chi connectivity index (χ3n) is 1.41. The van der Waals surface area contributed by atoms with Gasteiger partial charge in [0.15, 0.2) is 5.75 Å². The predicted octanol–water partition coefficient (Wildman–Crippen LogP) is 1.70. The van der Waals surface area contributed by atoms with E-state index in [1.54, 1.807) is 6.07 Å². The van der Waals surface area contributed by atoms with Crippen LogP contribution in [0.1, 0.15) is 0 Å². The van der Waals surface area contributed by atoms with Crippen LogP contribution in [0.5, 0.6) is 5.75 Å². The van der Waals surface area contributed by atoms with Gasteiger partial charge >= 0.3 is 0 Å². The Bertz CT molecular complexity index is 413. The number of benzene rings is 1. The second kappa shape index (κ2) is 3.65. The standard InChI is InChI=1S/C7H7BrO4S/c1-12-7-5(8)3-2-4-6(7)13(9,10)11/h2-4H,1H3,(H,9,10,11). The molecule has 0 radical (unpaired) electrons. The number of halogens is 1. The van der Waals surface area contributed by atoms with Gasteiger partial charge in [-0.05, 0) is 28.1 Å². The number of hydrogen-bond donors (Lipinski definition) is 1. The summed E-state index contributed by atoms with van der Waals surface area (Å²) in [5.41, 5.74) is 0. The van der Waals surface area contributed by atoms with E-state index in [9.17, 15) is 8.42 Å². The van der Waals surface area contributed by atoms with Crippen LogP contribution in [-0.2, 0) is 10.1 Å². The van der Waals surface area contributed by atoms with Gasteiger partial charge in [0.05, 0.1) is 11.6 Å². The highest BCUT2D eigenvalue weighted by atomic mass is 79.9. The van der Waals surface area contributed by atoms with Crippen molar-refractivity contribution < 1.29 is 17.7 Å². The molecule has 0 saturated heterocycles. The van der Waals surface area contributed by atoms with E-state index >= 15 is 0 Å². The van der Waals surface area contributed by atoms with Gasteiger partial charge in [-0.2, -0.15) is 8.42 Å². The molecule has 0 fully saturated rings. The summed E-state index contributed by atoms with van der Waals surface area (Å²) >= 11 is 3.10. The molecule has 0 atom stereocenters. The number of hydrogen-bond acceptors (Lipinski definition) is 3. The van der Waals surface area contributed by atoms with Crippen LogP contribution in [0.4, 0.5) is 0 Å². The molecule has 4 nitrogen and oxygen atoms in total. The van der Waals surface area contributed by atoms with Crippen LogP contribution in [-0.4, -0.2) is 20.1 Å². The average molecular weight is 267 g/mol. The van der Waals surface area contributed by atoms with Gasteiger partial charge < -0.3 is 4.74 Å². The summed E-state index contributed by atoms with van der Waals surface area (Å²) in [6, 6.07) is 4.38. The summed E-state index contributed by atoms with van der Waals surface area (Å²) in [7, 11) is -2.89. The average Bonchev–Trinajstić information content (AvgIpc) is 2.02. The Balaban J connectivity index is 3.47. The molecule has 0 spiro atoms. The van der Waals surface area contributed by atoms with Crippen molar-refractivity contribution in [2.75, 3.05) is 7.11 Å². The van der Waals surface area contributed by atoms with Crippen molar-refractivity contribution in [3.8, 4) is 5.75 Å². The van der Waals surface area contributed by atoms with Crippen LogP contribution in [0.15, 0.2) is 27.6 Å². The SMILES string of the molecule is COc1c(Br)cccc1S(=O)(=O)O. The van der Waals surface area contributed by atoms with Crippen molar-refractivity contribution in [3.63, 3.8) is 0 Å². The maximum Gasteiger partial charge on any atom is 0.298 e. The molecule has 1 rings (SSSR count). The fourth-order valence-electron chi connectivity index (χ4n) is 0.890. The summed E-state index contributed by atoms with van der Waals surface area (Å²) in [5, 5.41) is 0. The van der Waals surface area contributed by atoms with Gasteiger partial charge in [0.1, 0.15) is 4.90 Å². The van der Waals surface area contributed by atoms with Gasteiger partial charge in [-0.3, -0.25) is 4.55 Å². The molecule has 0 aliphatic rings. The summed E-state index contributed by atoms with van der Waals surface area (Å²) in [6.45, 7) is 0.